The molecule has 0 aromatic rings. The largest absolute Gasteiger partial charge is 0.469 e. The van der Waals surface area contributed by atoms with Crippen LogP contribution in [0, 0.1) is 0 Å². The summed E-state index contributed by atoms with van der Waals surface area (Å²) < 4.78 is 4.41. The fourth-order valence-electron chi connectivity index (χ4n) is 0.635. The molecule has 0 fully saturated rings. The molecular formula is C7H15ClN2O3. The molecule has 0 aliphatic carbocycles. The number of carbonyl (C=O) groups is 2. The van der Waals surface area contributed by atoms with Crippen LogP contribution in [0.4, 0.5) is 0 Å². The van der Waals surface area contributed by atoms with Crippen molar-refractivity contribution in [3.8, 4) is 0 Å². The average molecular weight is 211 g/mol. The highest BCUT2D eigenvalue weighted by atomic mass is 35.5. The molecule has 0 aromatic heterocycles. The summed E-state index contributed by atoms with van der Waals surface area (Å²) in [5.41, 5.74) is 5.04. The smallest absolute Gasteiger partial charge is 0.305 e. The number of esters is 1. The lowest BCUT2D eigenvalue weighted by Crippen LogP contribution is -2.31. The predicted octanol–water partition coefficient (Wildman–Crippen LogP) is -0.564. The summed E-state index contributed by atoms with van der Waals surface area (Å²) in [7, 11) is 1.33. The maximum absolute atomic E-state index is 10.6. The Labute approximate surface area is 83.4 Å². The first-order valence-corrected chi connectivity index (χ1v) is 3.74. The van der Waals surface area contributed by atoms with E-state index in [0.29, 0.717) is 19.4 Å². The van der Waals surface area contributed by atoms with Gasteiger partial charge in [0.2, 0.25) is 5.91 Å². The van der Waals surface area contributed by atoms with Crippen LogP contribution in [0.5, 0.6) is 0 Å². The minimum Gasteiger partial charge on any atom is -0.469 e. The normalized spacial score (nSPS) is 8.46. The van der Waals surface area contributed by atoms with Crippen molar-refractivity contribution in [3.63, 3.8) is 0 Å². The Hall–Kier alpha value is -0.810. The number of amides is 1. The summed E-state index contributed by atoms with van der Waals surface area (Å²) in [6.45, 7) is 0.448. The Morgan fingerprint density at radius 3 is 2.54 bits per heavy atom. The number of nitrogens with two attached hydrogens (primary N) is 1. The Kier molecular flexibility index (Phi) is 10.5. The van der Waals surface area contributed by atoms with Crippen molar-refractivity contribution < 1.29 is 14.3 Å². The molecule has 0 atom stereocenters. The zero-order chi connectivity index (χ0) is 9.40. The van der Waals surface area contributed by atoms with E-state index < -0.39 is 0 Å². The van der Waals surface area contributed by atoms with Crippen molar-refractivity contribution in [1.29, 1.82) is 0 Å². The highest BCUT2D eigenvalue weighted by molar-refractivity contribution is 5.85. The lowest BCUT2D eigenvalue weighted by molar-refractivity contribution is -0.140. The van der Waals surface area contributed by atoms with Gasteiger partial charge in [-0.1, -0.05) is 0 Å². The van der Waals surface area contributed by atoms with E-state index in [0.717, 1.165) is 0 Å². The Bertz CT molecular complexity index is 146. The molecule has 0 unspecified atom stereocenters. The predicted molar refractivity (Wildman–Crippen MR) is 50.6 cm³/mol. The van der Waals surface area contributed by atoms with Crippen molar-refractivity contribution in [3.05, 3.63) is 0 Å². The summed E-state index contributed by atoms with van der Waals surface area (Å²) in [6.07, 6.45) is 0.903. The first-order chi connectivity index (χ1) is 5.70. The molecule has 6 heteroatoms. The van der Waals surface area contributed by atoms with Gasteiger partial charge in [-0.25, -0.2) is 0 Å². The molecule has 0 saturated heterocycles. The van der Waals surface area contributed by atoms with E-state index in [4.69, 9.17) is 5.73 Å². The van der Waals surface area contributed by atoms with Gasteiger partial charge in [0.25, 0.3) is 0 Å². The van der Waals surface area contributed by atoms with Gasteiger partial charge in [0.1, 0.15) is 0 Å². The molecule has 0 aliphatic heterocycles. The van der Waals surface area contributed by atoms with Crippen LogP contribution < -0.4 is 11.1 Å². The van der Waals surface area contributed by atoms with Gasteiger partial charge in [-0.3, -0.25) is 9.59 Å². The third-order valence-corrected chi connectivity index (χ3v) is 1.29. The van der Waals surface area contributed by atoms with Gasteiger partial charge in [0.05, 0.1) is 13.7 Å². The fourth-order valence-corrected chi connectivity index (χ4v) is 0.635. The van der Waals surface area contributed by atoms with E-state index in [1.807, 2.05) is 0 Å². The highest BCUT2D eigenvalue weighted by Crippen LogP contribution is 1.88. The van der Waals surface area contributed by atoms with Crippen LogP contribution in [-0.2, 0) is 14.3 Å². The zero-order valence-electron chi connectivity index (χ0n) is 7.54. The van der Waals surface area contributed by atoms with Crippen LogP contribution in [0.25, 0.3) is 0 Å². The molecule has 3 N–H and O–H groups in total. The minimum atomic E-state index is -0.267. The Morgan fingerprint density at radius 1 is 1.46 bits per heavy atom. The van der Waals surface area contributed by atoms with E-state index in [9.17, 15) is 9.59 Å². The molecule has 0 saturated carbocycles. The molecule has 0 rings (SSSR count). The van der Waals surface area contributed by atoms with Crippen LogP contribution in [0.3, 0.4) is 0 Å². The molecule has 0 bridgehead atoms. The van der Waals surface area contributed by atoms with Gasteiger partial charge in [-0.05, 0) is 6.42 Å². The maximum Gasteiger partial charge on any atom is 0.305 e. The molecule has 0 spiro atoms. The third-order valence-electron chi connectivity index (χ3n) is 1.29. The van der Waals surface area contributed by atoms with Gasteiger partial charge in [-0.15, -0.1) is 12.4 Å². The first kappa shape index (κ1) is 14.7. The number of halogens is 1. The fraction of sp³-hybridized carbons (Fsp3) is 0.714. The van der Waals surface area contributed by atoms with Gasteiger partial charge < -0.3 is 15.8 Å². The van der Waals surface area contributed by atoms with Crippen molar-refractivity contribution >= 4 is 24.3 Å². The van der Waals surface area contributed by atoms with Gasteiger partial charge >= 0.3 is 5.97 Å². The SMILES string of the molecule is COC(=O)CCCNC(=O)CN.Cl. The molecule has 0 heterocycles. The van der Waals surface area contributed by atoms with Gasteiger partial charge in [0.15, 0.2) is 0 Å². The van der Waals surface area contributed by atoms with E-state index in [-0.39, 0.29) is 30.8 Å². The minimum absolute atomic E-state index is 0. The highest BCUT2D eigenvalue weighted by Gasteiger charge is 2.00. The molecule has 0 radical (unpaired) electrons. The lowest BCUT2D eigenvalue weighted by Gasteiger charge is -2.01. The maximum atomic E-state index is 10.6. The number of carbonyl (C=O) groups excluding carboxylic acids is 2. The third kappa shape index (κ3) is 9.10. The summed E-state index contributed by atoms with van der Waals surface area (Å²) in [5, 5.41) is 2.54. The number of hydrogen-bond acceptors (Lipinski definition) is 4. The van der Waals surface area contributed by atoms with Crippen LogP contribution >= 0.6 is 12.4 Å². The van der Waals surface area contributed by atoms with E-state index in [1.54, 1.807) is 0 Å². The van der Waals surface area contributed by atoms with E-state index >= 15 is 0 Å². The van der Waals surface area contributed by atoms with Crippen molar-refractivity contribution in [1.82, 2.24) is 5.32 Å². The number of methoxy groups -OCH3 is 1. The van der Waals surface area contributed by atoms with E-state index in [2.05, 4.69) is 10.1 Å². The van der Waals surface area contributed by atoms with Crippen LogP contribution in [0.2, 0.25) is 0 Å². The number of ether oxygens (including phenoxy) is 1. The van der Waals surface area contributed by atoms with Crippen molar-refractivity contribution in [2.75, 3.05) is 20.2 Å². The molecule has 5 nitrogen and oxygen atoms in total. The summed E-state index contributed by atoms with van der Waals surface area (Å²) in [4.78, 5) is 21.1. The number of nitrogens with one attached hydrogen (secondary N) is 1. The van der Waals surface area contributed by atoms with Crippen molar-refractivity contribution in [2.45, 2.75) is 12.8 Å². The zero-order valence-corrected chi connectivity index (χ0v) is 8.36. The Balaban J connectivity index is 0. The summed E-state index contributed by atoms with van der Waals surface area (Å²) >= 11 is 0. The molecule has 78 valence electrons. The second kappa shape index (κ2) is 9.28. The Morgan fingerprint density at radius 2 is 2.08 bits per heavy atom. The molecule has 0 aromatic carbocycles. The molecular weight excluding hydrogens is 196 g/mol. The van der Waals surface area contributed by atoms with E-state index in [1.165, 1.54) is 7.11 Å². The standard InChI is InChI=1S/C7H14N2O3.ClH/c1-12-7(11)3-2-4-9-6(10)5-8;/h2-5,8H2,1H3,(H,9,10);1H. The second-order valence-electron chi connectivity index (χ2n) is 2.23. The quantitative estimate of drug-likeness (QED) is 0.471. The summed E-state index contributed by atoms with van der Waals surface area (Å²) in [6, 6.07) is 0. The van der Waals surface area contributed by atoms with Crippen LogP contribution in [-0.4, -0.2) is 32.1 Å². The monoisotopic (exact) mass is 210 g/mol. The van der Waals surface area contributed by atoms with Crippen LogP contribution in [0.15, 0.2) is 0 Å². The number of hydrogen-bond donors (Lipinski definition) is 2. The summed E-state index contributed by atoms with van der Waals surface area (Å²) in [5.74, 6) is -0.475. The van der Waals surface area contributed by atoms with Crippen molar-refractivity contribution in [2.24, 2.45) is 5.73 Å². The number of rotatable bonds is 5. The molecule has 0 aliphatic rings. The topological polar surface area (TPSA) is 81.4 Å². The first-order valence-electron chi connectivity index (χ1n) is 3.74. The lowest BCUT2D eigenvalue weighted by atomic mass is 10.3. The molecule has 13 heavy (non-hydrogen) atoms. The average Bonchev–Trinajstić information content (AvgIpc) is 2.11. The van der Waals surface area contributed by atoms with Crippen LogP contribution in [0.1, 0.15) is 12.8 Å². The molecule has 1 amide bonds. The second-order valence-corrected chi connectivity index (χ2v) is 2.23. The van der Waals surface area contributed by atoms with Gasteiger partial charge in [0, 0.05) is 13.0 Å². The van der Waals surface area contributed by atoms with Gasteiger partial charge in [-0.2, -0.15) is 0 Å².